The monoisotopic (exact) mass is 195 g/mol. The topological polar surface area (TPSA) is 12.0 Å². The van der Waals surface area contributed by atoms with Gasteiger partial charge in [0, 0.05) is 13.1 Å². The molecule has 0 amide bonds. The minimum atomic E-state index is 0.577. The van der Waals surface area contributed by atoms with E-state index in [0.717, 1.165) is 6.54 Å². The molecule has 0 bridgehead atoms. The van der Waals surface area contributed by atoms with Crippen molar-refractivity contribution in [1.82, 2.24) is 5.32 Å². The second kappa shape index (κ2) is 5.55. The molecule has 0 aromatic rings. The second-order valence-electron chi connectivity index (χ2n) is 5.28. The Morgan fingerprint density at radius 1 is 1.21 bits per heavy atom. The van der Waals surface area contributed by atoms with Gasteiger partial charge < -0.3 is 5.32 Å². The molecule has 14 heavy (non-hydrogen) atoms. The smallest absolute Gasteiger partial charge is 0.0137 e. The molecule has 1 rings (SSSR count). The number of hydrogen-bond donors (Lipinski definition) is 1. The fourth-order valence-corrected chi connectivity index (χ4v) is 2.23. The van der Waals surface area contributed by atoms with E-state index in [4.69, 9.17) is 0 Å². The highest BCUT2D eigenvalue weighted by molar-refractivity contribution is 4.94. The Balaban J connectivity index is 2.19. The zero-order valence-electron chi connectivity index (χ0n) is 10.0. The molecule has 0 saturated heterocycles. The van der Waals surface area contributed by atoms with Crippen LogP contribution in [0.5, 0.6) is 0 Å². The Labute approximate surface area is 89.0 Å². The molecule has 0 atom stereocenters. The minimum Gasteiger partial charge on any atom is -0.313 e. The van der Waals surface area contributed by atoms with Gasteiger partial charge in [-0.15, -0.1) is 0 Å². The van der Waals surface area contributed by atoms with Crippen molar-refractivity contribution in [3.05, 3.63) is 11.6 Å². The van der Waals surface area contributed by atoms with Gasteiger partial charge in [0.15, 0.2) is 0 Å². The van der Waals surface area contributed by atoms with Gasteiger partial charge in [-0.3, -0.25) is 0 Å². The molecule has 1 heteroatoms. The summed E-state index contributed by atoms with van der Waals surface area (Å²) in [6.07, 6.45) is 9.40. The first-order valence-electron chi connectivity index (χ1n) is 5.96. The zero-order chi connectivity index (χ0) is 10.4. The summed E-state index contributed by atoms with van der Waals surface area (Å²) in [5.74, 6) is 0. The Morgan fingerprint density at radius 3 is 2.43 bits per heavy atom. The standard InChI is InChI=1S/C13H25N/c1-12(2)7-10-14-11-13(3)8-5-4-6-9-13/h7,14H,4-6,8-11H2,1-3H3. The first kappa shape index (κ1) is 11.8. The van der Waals surface area contributed by atoms with Crippen molar-refractivity contribution in [3.8, 4) is 0 Å². The van der Waals surface area contributed by atoms with Gasteiger partial charge in [-0.1, -0.05) is 37.8 Å². The molecule has 1 fully saturated rings. The van der Waals surface area contributed by atoms with Gasteiger partial charge in [0.2, 0.25) is 0 Å². The van der Waals surface area contributed by atoms with E-state index in [1.54, 1.807) is 0 Å². The van der Waals surface area contributed by atoms with E-state index in [9.17, 15) is 0 Å². The van der Waals surface area contributed by atoms with Crippen molar-refractivity contribution >= 4 is 0 Å². The number of hydrogen-bond acceptors (Lipinski definition) is 1. The first-order valence-corrected chi connectivity index (χ1v) is 5.96. The van der Waals surface area contributed by atoms with Crippen molar-refractivity contribution in [2.45, 2.75) is 52.9 Å². The Morgan fingerprint density at radius 2 is 1.86 bits per heavy atom. The summed E-state index contributed by atoms with van der Waals surface area (Å²) >= 11 is 0. The molecule has 0 spiro atoms. The normalized spacial score (nSPS) is 20.5. The van der Waals surface area contributed by atoms with Gasteiger partial charge in [0.05, 0.1) is 0 Å². The molecule has 0 aromatic carbocycles. The molecular formula is C13H25N. The Hall–Kier alpha value is -0.300. The molecule has 0 aliphatic heterocycles. The van der Waals surface area contributed by atoms with Crippen LogP contribution in [0.15, 0.2) is 11.6 Å². The van der Waals surface area contributed by atoms with Gasteiger partial charge in [0.1, 0.15) is 0 Å². The van der Waals surface area contributed by atoms with E-state index < -0.39 is 0 Å². The molecule has 0 radical (unpaired) electrons. The lowest BCUT2D eigenvalue weighted by molar-refractivity contribution is 0.210. The number of allylic oxidation sites excluding steroid dienone is 1. The Kier molecular flexibility index (Phi) is 4.67. The van der Waals surface area contributed by atoms with E-state index in [0.29, 0.717) is 5.41 Å². The molecule has 82 valence electrons. The van der Waals surface area contributed by atoms with Crippen molar-refractivity contribution in [2.75, 3.05) is 13.1 Å². The lowest BCUT2D eigenvalue weighted by atomic mass is 9.76. The molecule has 1 nitrogen and oxygen atoms in total. The summed E-state index contributed by atoms with van der Waals surface area (Å²) in [5.41, 5.74) is 1.99. The molecule has 1 aliphatic rings. The average Bonchev–Trinajstić information content (AvgIpc) is 2.14. The fourth-order valence-electron chi connectivity index (χ4n) is 2.23. The lowest BCUT2D eigenvalue weighted by Gasteiger charge is -2.33. The van der Waals surface area contributed by atoms with Crippen LogP contribution in [0.1, 0.15) is 52.9 Å². The van der Waals surface area contributed by atoms with Crippen LogP contribution in [-0.4, -0.2) is 13.1 Å². The summed E-state index contributed by atoms with van der Waals surface area (Å²) in [4.78, 5) is 0. The quantitative estimate of drug-likeness (QED) is 0.534. The SMILES string of the molecule is CC(C)=CCNCC1(C)CCCCC1. The van der Waals surface area contributed by atoms with Crippen molar-refractivity contribution in [2.24, 2.45) is 5.41 Å². The van der Waals surface area contributed by atoms with Crippen LogP contribution in [-0.2, 0) is 0 Å². The minimum absolute atomic E-state index is 0.577. The molecular weight excluding hydrogens is 170 g/mol. The van der Waals surface area contributed by atoms with Crippen LogP contribution < -0.4 is 5.32 Å². The fraction of sp³-hybridized carbons (Fsp3) is 0.846. The molecule has 0 unspecified atom stereocenters. The summed E-state index contributed by atoms with van der Waals surface area (Å²) in [6, 6.07) is 0. The third-order valence-corrected chi connectivity index (χ3v) is 3.27. The van der Waals surface area contributed by atoms with Crippen molar-refractivity contribution < 1.29 is 0 Å². The summed E-state index contributed by atoms with van der Waals surface area (Å²) in [5, 5.41) is 3.55. The first-order chi connectivity index (χ1) is 6.62. The van der Waals surface area contributed by atoms with Gasteiger partial charge in [-0.05, 0) is 32.1 Å². The van der Waals surface area contributed by atoms with Crippen LogP contribution in [0.4, 0.5) is 0 Å². The van der Waals surface area contributed by atoms with Crippen LogP contribution in [0, 0.1) is 5.41 Å². The predicted octanol–water partition coefficient (Wildman–Crippen LogP) is 3.51. The molecule has 0 heterocycles. The van der Waals surface area contributed by atoms with E-state index >= 15 is 0 Å². The van der Waals surface area contributed by atoms with Crippen LogP contribution in [0.2, 0.25) is 0 Å². The maximum atomic E-state index is 3.55. The van der Waals surface area contributed by atoms with Crippen LogP contribution in [0.3, 0.4) is 0 Å². The summed E-state index contributed by atoms with van der Waals surface area (Å²) < 4.78 is 0. The highest BCUT2D eigenvalue weighted by Gasteiger charge is 2.25. The molecule has 1 aliphatic carbocycles. The highest BCUT2D eigenvalue weighted by atomic mass is 14.9. The number of rotatable bonds is 4. The molecule has 1 N–H and O–H groups in total. The van der Waals surface area contributed by atoms with E-state index in [-0.39, 0.29) is 0 Å². The number of nitrogens with one attached hydrogen (secondary N) is 1. The maximum Gasteiger partial charge on any atom is 0.0137 e. The average molecular weight is 195 g/mol. The van der Waals surface area contributed by atoms with Crippen LogP contribution >= 0.6 is 0 Å². The largest absolute Gasteiger partial charge is 0.313 e. The van der Waals surface area contributed by atoms with Gasteiger partial charge >= 0.3 is 0 Å². The third kappa shape index (κ3) is 4.28. The molecule has 0 aromatic heterocycles. The lowest BCUT2D eigenvalue weighted by Crippen LogP contribution is -2.33. The van der Waals surface area contributed by atoms with Crippen molar-refractivity contribution in [1.29, 1.82) is 0 Å². The van der Waals surface area contributed by atoms with Gasteiger partial charge in [-0.25, -0.2) is 0 Å². The van der Waals surface area contributed by atoms with E-state index in [1.807, 2.05) is 0 Å². The highest BCUT2D eigenvalue weighted by Crippen LogP contribution is 2.34. The second-order valence-corrected chi connectivity index (χ2v) is 5.28. The summed E-state index contributed by atoms with van der Waals surface area (Å²) in [7, 11) is 0. The zero-order valence-corrected chi connectivity index (χ0v) is 10.0. The van der Waals surface area contributed by atoms with E-state index in [2.05, 4.69) is 32.2 Å². The van der Waals surface area contributed by atoms with Gasteiger partial charge in [-0.2, -0.15) is 0 Å². The third-order valence-electron chi connectivity index (χ3n) is 3.27. The molecule has 1 saturated carbocycles. The van der Waals surface area contributed by atoms with Gasteiger partial charge in [0.25, 0.3) is 0 Å². The van der Waals surface area contributed by atoms with E-state index in [1.165, 1.54) is 44.2 Å². The van der Waals surface area contributed by atoms with Crippen LogP contribution in [0.25, 0.3) is 0 Å². The summed E-state index contributed by atoms with van der Waals surface area (Å²) in [6.45, 7) is 8.98. The van der Waals surface area contributed by atoms with Crippen molar-refractivity contribution in [3.63, 3.8) is 0 Å². The Bertz CT molecular complexity index is 183. The predicted molar refractivity (Wildman–Crippen MR) is 63.5 cm³/mol. The maximum absolute atomic E-state index is 3.55.